The highest BCUT2D eigenvalue weighted by molar-refractivity contribution is 6.23. The van der Waals surface area contributed by atoms with Crippen LogP contribution in [0.25, 0.3) is 10.8 Å². The van der Waals surface area contributed by atoms with E-state index < -0.39 is 11.6 Å². The van der Waals surface area contributed by atoms with Gasteiger partial charge in [0.25, 0.3) is 0 Å². The van der Waals surface area contributed by atoms with Crippen LogP contribution in [-0.4, -0.2) is 22.5 Å². The number of fused-ring (bicyclic) bond motifs is 2. The Labute approximate surface area is 179 Å². The first-order chi connectivity index (χ1) is 15.1. The lowest BCUT2D eigenvalue weighted by atomic mass is 9.98. The van der Waals surface area contributed by atoms with Crippen LogP contribution in [0.15, 0.2) is 97.1 Å². The third-order valence-electron chi connectivity index (χ3n) is 6.78. The van der Waals surface area contributed by atoms with Gasteiger partial charge in [-0.3, -0.25) is 9.69 Å². The maximum absolute atomic E-state index is 13.8. The second-order valence-corrected chi connectivity index (χ2v) is 8.26. The fourth-order valence-electron chi connectivity index (χ4n) is 5.53. The second-order valence-electron chi connectivity index (χ2n) is 8.26. The first kappa shape index (κ1) is 17.9. The second kappa shape index (κ2) is 6.29. The van der Waals surface area contributed by atoms with Gasteiger partial charge in [-0.1, -0.05) is 84.9 Å². The summed E-state index contributed by atoms with van der Waals surface area (Å²) in [5, 5.41) is 12.4. The molecule has 1 fully saturated rings. The molecule has 150 valence electrons. The maximum atomic E-state index is 13.8. The summed E-state index contributed by atoms with van der Waals surface area (Å²) in [7, 11) is 0. The Kier molecular flexibility index (Phi) is 3.63. The van der Waals surface area contributed by atoms with Crippen molar-refractivity contribution in [3.63, 3.8) is 0 Å². The molecule has 4 aromatic carbocycles. The molecule has 4 nitrogen and oxygen atoms in total. The molecular weight excluding hydrogens is 386 g/mol. The van der Waals surface area contributed by atoms with E-state index >= 15 is 0 Å². The van der Waals surface area contributed by atoms with Crippen molar-refractivity contribution >= 4 is 28.3 Å². The molecule has 0 radical (unpaired) electrons. The van der Waals surface area contributed by atoms with Crippen LogP contribution in [0.2, 0.25) is 0 Å². The molecular formula is C27H19NO3. The predicted octanol–water partition coefficient (Wildman–Crippen LogP) is 5.84. The van der Waals surface area contributed by atoms with Gasteiger partial charge < -0.3 is 5.11 Å². The fourth-order valence-corrected chi connectivity index (χ4v) is 5.53. The van der Waals surface area contributed by atoms with E-state index in [2.05, 4.69) is 18.2 Å². The minimum absolute atomic E-state index is 0.113. The molecule has 0 aromatic heterocycles. The van der Waals surface area contributed by atoms with Gasteiger partial charge >= 0.3 is 6.09 Å². The number of para-hydroxylation sites is 1. The average Bonchev–Trinajstić information content (AvgIpc) is 3.41. The van der Waals surface area contributed by atoms with Crippen molar-refractivity contribution in [2.24, 2.45) is 0 Å². The lowest BCUT2D eigenvalue weighted by Gasteiger charge is -2.23. The molecule has 3 atom stereocenters. The number of Topliss-reactive ketones (excluding diaryl/α,β-unsaturated/α-hetero) is 1. The summed E-state index contributed by atoms with van der Waals surface area (Å²) < 4.78 is 0. The standard InChI is InChI=1S/C27H19NO3/c29-25-21-12-6-7-13-22(21)28(26(30)31)27(25)23(18-9-2-1-3-10-18)24(27)20-15-14-17-8-4-5-11-19(17)16-20/h1-16,23-24H,(H,30,31)/t23-,24-,27-/m1/s1. The highest BCUT2D eigenvalue weighted by atomic mass is 16.4. The largest absolute Gasteiger partial charge is 0.465 e. The van der Waals surface area contributed by atoms with Gasteiger partial charge in [-0.05, 0) is 34.0 Å². The summed E-state index contributed by atoms with van der Waals surface area (Å²) in [4.78, 5) is 27.6. The minimum atomic E-state index is -1.15. The van der Waals surface area contributed by atoms with Crippen LogP contribution < -0.4 is 4.90 Å². The lowest BCUT2D eigenvalue weighted by Crippen LogP contribution is -2.44. The molecule has 1 aliphatic heterocycles. The number of nitrogens with zero attached hydrogens (tertiary/aromatic N) is 1. The van der Waals surface area contributed by atoms with Gasteiger partial charge in [0.2, 0.25) is 0 Å². The number of carbonyl (C=O) groups excluding carboxylic acids is 1. The van der Waals surface area contributed by atoms with Gasteiger partial charge in [0.05, 0.1) is 5.69 Å². The van der Waals surface area contributed by atoms with Crippen molar-refractivity contribution in [1.29, 1.82) is 0 Å². The summed E-state index contributed by atoms with van der Waals surface area (Å²) in [5.41, 5.74) is 1.77. The van der Waals surface area contributed by atoms with Crippen LogP contribution in [0.5, 0.6) is 0 Å². The Bertz CT molecular complexity index is 1360. The molecule has 0 unspecified atom stereocenters. The fraction of sp³-hybridized carbons (Fsp3) is 0.111. The number of carbonyl (C=O) groups is 2. The monoisotopic (exact) mass is 405 g/mol. The molecule has 4 heteroatoms. The van der Waals surface area contributed by atoms with Crippen LogP contribution in [0.1, 0.15) is 33.3 Å². The first-order valence-corrected chi connectivity index (χ1v) is 10.3. The van der Waals surface area contributed by atoms with Crippen molar-refractivity contribution in [2.45, 2.75) is 17.4 Å². The minimum Gasteiger partial charge on any atom is -0.465 e. The van der Waals surface area contributed by atoms with E-state index in [1.165, 1.54) is 4.90 Å². The zero-order valence-electron chi connectivity index (χ0n) is 16.6. The van der Waals surface area contributed by atoms with Crippen molar-refractivity contribution in [3.8, 4) is 0 Å². The van der Waals surface area contributed by atoms with Gasteiger partial charge in [-0.25, -0.2) is 4.79 Å². The van der Waals surface area contributed by atoms with Crippen molar-refractivity contribution in [2.75, 3.05) is 4.90 Å². The summed E-state index contributed by atoms with van der Waals surface area (Å²) >= 11 is 0. The van der Waals surface area contributed by atoms with Crippen LogP contribution in [-0.2, 0) is 0 Å². The summed E-state index contributed by atoms with van der Waals surface area (Å²) in [6, 6.07) is 31.1. The Morgan fingerprint density at radius 2 is 1.39 bits per heavy atom. The molecule has 2 aliphatic rings. The van der Waals surface area contributed by atoms with E-state index in [1.807, 2.05) is 54.6 Å². The van der Waals surface area contributed by atoms with Gasteiger partial charge in [-0.15, -0.1) is 0 Å². The van der Waals surface area contributed by atoms with Crippen LogP contribution >= 0.6 is 0 Å². The van der Waals surface area contributed by atoms with E-state index in [9.17, 15) is 14.7 Å². The predicted molar refractivity (Wildman–Crippen MR) is 120 cm³/mol. The number of amides is 1. The molecule has 1 aliphatic carbocycles. The quantitative estimate of drug-likeness (QED) is 0.456. The average molecular weight is 405 g/mol. The van der Waals surface area contributed by atoms with Gasteiger partial charge in [0, 0.05) is 17.4 Å². The lowest BCUT2D eigenvalue weighted by molar-refractivity contribution is 0.0949. The van der Waals surface area contributed by atoms with E-state index in [-0.39, 0.29) is 17.6 Å². The van der Waals surface area contributed by atoms with Gasteiger partial charge in [0.15, 0.2) is 5.78 Å². The van der Waals surface area contributed by atoms with E-state index in [1.54, 1.807) is 24.3 Å². The number of hydrogen-bond donors (Lipinski definition) is 1. The van der Waals surface area contributed by atoms with E-state index in [0.29, 0.717) is 11.3 Å². The number of hydrogen-bond acceptors (Lipinski definition) is 2. The molecule has 1 N–H and O–H groups in total. The SMILES string of the molecule is O=C(O)N1c2ccccc2C(=O)[C@]12[C@H](c1ccccc1)[C@H]2c1ccc2ccccc2c1. The molecule has 0 saturated heterocycles. The summed E-state index contributed by atoms with van der Waals surface area (Å²) in [6.45, 7) is 0. The summed E-state index contributed by atoms with van der Waals surface area (Å²) in [6.07, 6.45) is -1.09. The molecule has 0 bridgehead atoms. The normalized spacial score (nSPS) is 23.9. The Morgan fingerprint density at radius 3 is 2.16 bits per heavy atom. The summed E-state index contributed by atoms with van der Waals surface area (Å²) in [5.74, 6) is -0.612. The molecule has 4 aromatic rings. The van der Waals surface area contributed by atoms with Crippen LogP contribution in [0.4, 0.5) is 10.5 Å². The Hall–Kier alpha value is -3.92. The molecule has 1 amide bonds. The van der Waals surface area contributed by atoms with Crippen LogP contribution in [0, 0.1) is 0 Å². The number of rotatable bonds is 2. The molecule has 31 heavy (non-hydrogen) atoms. The third kappa shape index (κ3) is 2.30. The smallest absolute Gasteiger partial charge is 0.412 e. The highest BCUT2D eigenvalue weighted by Crippen LogP contribution is 2.71. The van der Waals surface area contributed by atoms with Crippen LogP contribution in [0.3, 0.4) is 0 Å². The topological polar surface area (TPSA) is 57.6 Å². The Balaban J connectivity index is 1.59. The zero-order valence-corrected chi connectivity index (χ0v) is 16.6. The maximum Gasteiger partial charge on any atom is 0.412 e. The Morgan fingerprint density at radius 1 is 0.742 bits per heavy atom. The number of benzene rings is 4. The van der Waals surface area contributed by atoms with E-state index in [0.717, 1.165) is 21.9 Å². The first-order valence-electron chi connectivity index (χ1n) is 10.3. The molecule has 1 spiro atoms. The van der Waals surface area contributed by atoms with Gasteiger partial charge in [0.1, 0.15) is 5.54 Å². The molecule has 1 heterocycles. The zero-order chi connectivity index (χ0) is 21.2. The number of ketones is 1. The highest BCUT2D eigenvalue weighted by Gasteiger charge is 2.77. The number of anilines is 1. The molecule has 1 saturated carbocycles. The number of carboxylic acid groups (broad SMARTS) is 1. The van der Waals surface area contributed by atoms with E-state index in [4.69, 9.17) is 0 Å². The third-order valence-corrected chi connectivity index (χ3v) is 6.78. The molecule has 6 rings (SSSR count). The van der Waals surface area contributed by atoms with Crippen molar-refractivity contribution in [3.05, 3.63) is 114 Å². The van der Waals surface area contributed by atoms with Crippen molar-refractivity contribution < 1.29 is 14.7 Å². The van der Waals surface area contributed by atoms with Crippen molar-refractivity contribution in [1.82, 2.24) is 0 Å². The van der Waals surface area contributed by atoms with Gasteiger partial charge in [-0.2, -0.15) is 0 Å².